The van der Waals surface area contributed by atoms with E-state index < -0.39 is 6.85 Å². The Morgan fingerprint density at radius 3 is 1.93 bits per heavy atom. The number of nitrogens with zero attached hydrogens (tertiary/aromatic N) is 3. The molecule has 4 heteroatoms. The van der Waals surface area contributed by atoms with Gasteiger partial charge in [-0.2, -0.15) is 0 Å². The number of pyridine rings is 1. The van der Waals surface area contributed by atoms with Gasteiger partial charge in [0.25, 0.3) is 0 Å². The van der Waals surface area contributed by atoms with Crippen LogP contribution in [0, 0.1) is 6.85 Å². The molecule has 0 unspecified atom stereocenters. The number of para-hydroxylation sites is 2. The van der Waals surface area contributed by atoms with Crippen LogP contribution in [0.25, 0.3) is 72.7 Å². The van der Waals surface area contributed by atoms with Crippen molar-refractivity contribution in [3.63, 3.8) is 0 Å². The number of imidazole rings is 1. The van der Waals surface area contributed by atoms with E-state index in [1.54, 1.807) is 18.2 Å². The van der Waals surface area contributed by atoms with Crippen molar-refractivity contribution in [2.45, 2.75) is 59.2 Å². The lowest BCUT2D eigenvalue weighted by Crippen LogP contribution is -2.12. The Balaban J connectivity index is 1.35. The summed E-state index contributed by atoms with van der Waals surface area (Å²) in [6, 6.07) is 48.6. The van der Waals surface area contributed by atoms with E-state index >= 15 is 0 Å². The number of phenolic OH excluding ortho intramolecular Hbond substituents is 1. The third kappa shape index (κ3) is 7.08. The highest BCUT2D eigenvalue weighted by Crippen LogP contribution is 2.41. The number of aryl methyl sites for hydroxylation is 1. The minimum Gasteiger partial charge on any atom is -0.507 e. The molecule has 272 valence electrons. The Morgan fingerprint density at radius 2 is 1.20 bits per heavy atom. The van der Waals surface area contributed by atoms with Gasteiger partial charge in [-0.3, -0.25) is 9.55 Å². The maximum absolute atomic E-state index is 11.3. The van der Waals surface area contributed by atoms with Crippen molar-refractivity contribution >= 4 is 11.0 Å². The van der Waals surface area contributed by atoms with Crippen LogP contribution >= 0.6 is 0 Å². The number of aromatic nitrogens is 3. The molecule has 8 rings (SSSR count). The highest BCUT2D eigenvalue weighted by atomic mass is 16.3. The number of hydrogen-bond acceptors (Lipinski definition) is 3. The van der Waals surface area contributed by atoms with Gasteiger partial charge < -0.3 is 5.11 Å². The van der Waals surface area contributed by atoms with Crippen LogP contribution in [-0.2, 0) is 10.8 Å². The molecule has 0 atom stereocenters. The minimum atomic E-state index is -2.16. The minimum absolute atomic E-state index is 0.132. The van der Waals surface area contributed by atoms with Gasteiger partial charge in [0, 0.05) is 27.1 Å². The number of hydrogen-bond donors (Lipinski definition) is 1. The zero-order chi connectivity index (χ0) is 41.0. The lowest BCUT2D eigenvalue weighted by atomic mass is 9.83. The van der Waals surface area contributed by atoms with Crippen LogP contribution in [-0.4, -0.2) is 19.6 Å². The highest BCUT2D eigenvalue weighted by molar-refractivity contribution is 5.97. The predicted octanol–water partition coefficient (Wildman–Crippen LogP) is 13.4. The molecule has 1 N–H and O–H groups in total. The molecule has 0 bridgehead atoms. The Bertz CT molecular complexity index is 2790. The van der Waals surface area contributed by atoms with Crippen LogP contribution in [0.3, 0.4) is 0 Å². The summed E-state index contributed by atoms with van der Waals surface area (Å²) in [5, 5.41) is 11.3. The van der Waals surface area contributed by atoms with Gasteiger partial charge in [-0.25, -0.2) is 4.98 Å². The predicted molar refractivity (Wildman–Crippen MR) is 230 cm³/mol. The maximum atomic E-state index is 11.3. The molecule has 4 nitrogen and oxygen atoms in total. The fourth-order valence-electron chi connectivity index (χ4n) is 7.20. The van der Waals surface area contributed by atoms with Crippen LogP contribution in [0.1, 0.15) is 62.3 Å². The zero-order valence-electron chi connectivity index (χ0n) is 35.2. The highest BCUT2D eigenvalue weighted by Gasteiger charge is 2.24. The van der Waals surface area contributed by atoms with Crippen molar-refractivity contribution in [3.8, 4) is 67.5 Å². The third-order valence-electron chi connectivity index (χ3n) is 10.4. The summed E-state index contributed by atoms with van der Waals surface area (Å²) in [5.74, 6) is 0.809. The topological polar surface area (TPSA) is 50.9 Å². The number of fused-ring (bicyclic) bond motifs is 1. The van der Waals surface area contributed by atoms with E-state index in [4.69, 9.17) is 14.1 Å². The fourth-order valence-corrected chi connectivity index (χ4v) is 7.20. The molecule has 55 heavy (non-hydrogen) atoms. The second kappa shape index (κ2) is 13.9. The van der Waals surface area contributed by atoms with E-state index in [0.29, 0.717) is 17.0 Å². The summed E-state index contributed by atoms with van der Waals surface area (Å²) in [7, 11) is 0. The molecule has 0 aliphatic carbocycles. The molecular formula is C51H47N3O. The zero-order valence-corrected chi connectivity index (χ0v) is 32.2. The normalized spacial score (nSPS) is 13.0. The standard InChI is InChI=1S/C51H47N3O/c1-33-20-22-35(23-21-33)36-24-25-52-45(31-36)39-26-38(28-40(29-39)50(2,3)4)43-17-13-18-46-48(43)53-49(44-16-11-12-19-47(44)55)54(46)42-30-37(34-14-9-8-10-15-34)27-41(32-42)51(5,6)7/h8-32,55H,1-7H3/i1D3. The van der Waals surface area contributed by atoms with Gasteiger partial charge >= 0.3 is 0 Å². The van der Waals surface area contributed by atoms with E-state index in [2.05, 4.69) is 131 Å². The van der Waals surface area contributed by atoms with Crippen molar-refractivity contribution in [2.75, 3.05) is 0 Å². The number of phenols is 1. The van der Waals surface area contributed by atoms with E-state index in [1.165, 1.54) is 5.56 Å². The molecule has 0 radical (unpaired) electrons. The van der Waals surface area contributed by atoms with E-state index in [-0.39, 0.29) is 16.6 Å². The SMILES string of the molecule is [2H]C([2H])([2H])c1ccc(-c2ccnc(-c3cc(-c4cccc5c4nc(-c4ccccc4O)n5-c4cc(-c5ccccc5)cc(C(C)(C)C)c4)cc(C(C)(C)C)c3)c2)cc1. The molecule has 2 heterocycles. The molecule has 6 aromatic carbocycles. The molecule has 0 amide bonds. The number of aromatic hydroxyl groups is 1. The van der Waals surface area contributed by atoms with E-state index in [9.17, 15) is 5.11 Å². The van der Waals surface area contributed by atoms with Gasteiger partial charge in [-0.1, -0.05) is 138 Å². The molecule has 0 saturated carbocycles. The van der Waals surface area contributed by atoms with Crippen LogP contribution < -0.4 is 0 Å². The van der Waals surface area contributed by atoms with Crippen molar-refractivity contribution in [1.82, 2.24) is 14.5 Å². The van der Waals surface area contributed by atoms with Crippen molar-refractivity contribution in [1.29, 1.82) is 0 Å². The fraction of sp³-hybridized carbons (Fsp3) is 0.176. The van der Waals surface area contributed by atoms with Crippen LogP contribution in [0.4, 0.5) is 0 Å². The smallest absolute Gasteiger partial charge is 0.149 e. The molecule has 0 aliphatic rings. The first-order valence-corrected chi connectivity index (χ1v) is 18.8. The Morgan fingerprint density at radius 1 is 0.545 bits per heavy atom. The van der Waals surface area contributed by atoms with Gasteiger partial charge in [0.2, 0.25) is 0 Å². The molecule has 2 aromatic heterocycles. The molecule has 0 aliphatic heterocycles. The Hall–Kier alpha value is -6.26. The van der Waals surface area contributed by atoms with Gasteiger partial charge in [0.1, 0.15) is 11.6 Å². The molecule has 0 fully saturated rings. The largest absolute Gasteiger partial charge is 0.507 e. The van der Waals surface area contributed by atoms with Gasteiger partial charge in [-0.05, 0) is 111 Å². The molecule has 0 spiro atoms. The average molecular weight is 721 g/mol. The maximum Gasteiger partial charge on any atom is 0.149 e. The van der Waals surface area contributed by atoms with Crippen LogP contribution in [0.2, 0.25) is 0 Å². The summed E-state index contributed by atoms with van der Waals surface area (Å²) in [5.41, 5.74) is 13.5. The first kappa shape index (κ1) is 32.2. The summed E-state index contributed by atoms with van der Waals surface area (Å²) < 4.78 is 25.6. The number of rotatable bonds is 6. The summed E-state index contributed by atoms with van der Waals surface area (Å²) in [6.07, 6.45) is 1.81. The van der Waals surface area contributed by atoms with Crippen molar-refractivity contribution in [3.05, 3.63) is 168 Å². The van der Waals surface area contributed by atoms with Crippen LogP contribution in [0.15, 0.2) is 152 Å². The summed E-state index contributed by atoms with van der Waals surface area (Å²) in [6.45, 7) is 11.2. The second-order valence-corrected chi connectivity index (χ2v) is 16.4. The Labute approximate surface area is 329 Å². The lowest BCUT2D eigenvalue weighted by Gasteiger charge is -2.23. The first-order chi connectivity index (χ1) is 27.5. The number of benzene rings is 6. The molecule has 8 aromatic rings. The second-order valence-electron chi connectivity index (χ2n) is 16.4. The van der Waals surface area contributed by atoms with E-state index in [0.717, 1.165) is 66.9 Å². The molecular weight excluding hydrogens is 671 g/mol. The quantitative estimate of drug-likeness (QED) is 0.186. The van der Waals surface area contributed by atoms with Crippen molar-refractivity contribution < 1.29 is 9.22 Å². The van der Waals surface area contributed by atoms with E-state index in [1.807, 2.05) is 48.7 Å². The van der Waals surface area contributed by atoms with Gasteiger partial charge in [0.05, 0.1) is 22.3 Å². The monoisotopic (exact) mass is 720 g/mol. The average Bonchev–Trinajstić information content (AvgIpc) is 3.60. The summed E-state index contributed by atoms with van der Waals surface area (Å²) >= 11 is 0. The first-order valence-electron chi connectivity index (χ1n) is 20.3. The van der Waals surface area contributed by atoms with Gasteiger partial charge in [-0.15, -0.1) is 0 Å². The van der Waals surface area contributed by atoms with Crippen molar-refractivity contribution in [2.24, 2.45) is 0 Å². The van der Waals surface area contributed by atoms with Crippen LogP contribution in [0.5, 0.6) is 5.75 Å². The summed E-state index contributed by atoms with van der Waals surface area (Å²) in [4.78, 5) is 10.3. The van der Waals surface area contributed by atoms with Gasteiger partial charge in [0.15, 0.2) is 0 Å². The lowest BCUT2D eigenvalue weighted by molar-refractivity contribution is 0.477. The Kier molecular flexibility index (Phi) is 8.11. The molecule has 0 saturated heterocycles. The third-order valence-corrected chi connectivity index (χ3v) is 10.4.